The smallest absolute Gasteiger partial charge is 0.139 e. The zero-order valence-corrected chi connectivity index (χ0v) is 12.7. The quantitative estimate of drug-likeness (QED) is 0.728. The van der Waals surface area contributed by atoms with Crippen molar-refractivity contribution in [2.24, 2.45) is 0 Å². The molecule has 102 valence electrons. The number of pyridine rings is 1. The molecule has 3 aromatic rings. The number of imidazole rings is 1. The highest BCUT2D eigenvalue weighted by atomic mass is 79.9. The molecule has 2 heterocycles. The second kappa shape index (κ2) is 4.59. The Hall–Kier alpha value is -1.88. The van der Waals surface area contributed by atoms with Gasteiger partial charge in [-0.3, -0.25) is 4.40 Å². The number of hydrogen-bond acceptors (Lipinski definition) is 2. The molecule has 0 radical (unpaired) electrons. The molecule has 2 N–H and O–H groups in total. The molecule has 0 aliphatic heterocycles. The SMILES string of the molecule is Cc1cc(C)n2c(N)c(-c3cc(Br)ccc3F)nc2c1. The number of rotatable bonds is 1. The fraction of sp³-hybridized carbons (Fsp3) is 0.133. The average molecular weight is 334 g/mol. The zero-order valence-electron chi connectivity index (χ0n) is 11.1. The lowest BCUT2D eigenvalue weighted by atomic mass is 10.1. The van der Waals surface area contributed by atoms with E-state index in [0.717, 1.165) is 21.4 Å². The number of halogens is 2. The van der Waals surface area contributed by atoms with Crippen LogP contribution in [0.3, 0.4) is 0 Å². The molecule has 0 aliphatic rings. The van der Waals surface area contributed by atoms with Gasteiger partial charge in [0.25, 0.3) is 0 Å². The molecule has 2 aromatic heterocycles. The Kier molecular flexibility index (Phi) is 3.01. The summed E-state index contributed by atoms with van der Waals surface area (Å²) in [4.78, 5) is 4.48. The standard InChI is InChI=1S/C15H13BrFN3/c1-8-5-9(2)20-13(6-8)19-14(15(20)18)11-7-10(16)3-4-12(11)17/h3-7H,18H2,1-2H3. The molecule has 0 amide bonds. The fourth-order valence-electron chi connectivity index (χ4n) is 2.44. The summed E-state index contributed by atoms with van der Waals surface area (Å²) in [6, 6.07) is 8.70. The van der Waals surface area contributed by atoms with Crippen molar-refractivity contribution >= 4 is 27.4 Å². The largest absolute Gasteiger partial charge is 0.383 e. The van der Waals surface area contributed by atoms with Crippen LogP contribution in [0.1, 0.15) is 11.3 Å². The number of nitrogen functional groups attached to an aromatic ring is 1. The maximum atomic E-state index is 14.0. The third-order valence-electron chi connectivity index (χ3n) is 3.27. The van der Waals surface area contributed by atoms with E-state index in [1.807, 2.05) is 30.4 Å². The summed E-state index contributed by atoms with van der Waals surface area (Å²) >= 11 is 3.35. The lowest BCUT2D eigenvalue weighted by Crippen LogP contribution is -1.98. The topological polar surface area (TPSA) is 43.3 Å². The molecule has 0 saturated carbocycles. The van der Waals surface area contributed by atoms with E-state index < -0.39 is 0 Å². The van der Waals surface area contributed by atoms with Crippen LogP contribution < -0.4 is 5.73 Å². The monoisotopic (exact) mass is 333 g/mol. The van der Waals surface area contributed by atoms with Gasteiger partial charge in [0.2, 0.25) is 0 Å². The number of benzene rings is 1. The minimum Gasteiger partial charge on any atom is -0.383 e. The number of aryl methyl sites for hydroxylation is 2. The van der Waals surface area contributed by atoms with Crippen molar-refractivity contribution in [2.45, 2.75) is 13.8 Å². The van der Waals surface area contributed by atoms with Gasteiger partial charge in [-0.25, -0.2) is 9.37 Å². The van der Waals surface area contributed by atoms with Crippen molar-refractivity contribution in [3.8, 4) is 11.3 Å². The number of anilines is 1. The lowest BCUT2D eigenvalue weighted by molar-refractivity contribution is 0.630. The molecular formula is C15H13BrFN3. The average Bonchev–Trinajstić information content (AvgIpc) is 2.69. The molecule has 5 heteroatoms. The molecule has 0 bridgehead atoms. The summed E-state index contributed by atoms with van der Waals surface area (Å²) in [5, 5.41) is 0. The summed E-state index contributed by atoms with van der Waals surface area (Å²) in [5.74, 6) is 0.118. The molecule has 3 rings (SSSR count). The van der Waals surface area contributed by atoms with E-state index in [2.05, 4.69) is 20.9 Å². The first-order valence-electron chi connectivity index (χ1n) is 6.18. The molecular weight excluding hydrogens is 321 g/mol. The second-order valence-electron chi connectivity index (χ2n) is 4.84. The second-order valence-corrected chi connectivity index (χ2v) is 5.75. The summed E-state index contributed by atoms with van der Waals surface area (Å²) in [6.07, 6.45) is 0. The van der Waals surface area contributed by atoms with Gasteiger partial charge in [-0.15, -0.1) is 0 Å². The van der Waals surface area contributed by atoms with E-state index >= 15 is 0 Å². The van der Waals surface area contributed by atoms with Crippen LogP contribution in [0.2, 0.25) is 0 Å². The van der Waals surface area contributed by atoms with Crippen molar-refractivity contribution in [3.63, 3.8) is 0 Å². The van der Waals surface area contributed by atoms with Crippen LogP contribution in [0.25, 0.3) is 16.9 Å². The fourth-order valence-corrected chi connectivity index (χ4v) is 2.80. The molecule has 0 saturated heterocycles. The minimum atomic E-state index is -0.335. The molecule has 3 nitrogen and oxygen atoms in total. The van der Waals surface area contributed by atoms with Crippen molar-refractivity contribution in [3.05, 3.63) is 51.9 Å². The molecule has 0 fully saturated rings. The highest BCUT2D eigenvalue weighted by Gasteiger charge is 2.16. The van der Waals surface area contributed by atoms with Gasteiger partial charge in [-0.2, -0.15) is 0 Å². The van der Waals surface area contributed by atoms with Crippen LogP contribution in [0.4, 0.5) is 10.2 Å². The van der Waals surface area contributed by atoms with Crippen molar-refractivity contribution < 1.29 is 4.39 Å². The first-order chi connectivity index (χ1) is 9.47. The normalized spacial score (nSPS) is 11.2. The van der Waals surface area contributed by atoms with Gasteiger partial charge in [0.05, 0.1) is 0 Å². The maximum absolute atomic E-state index is 14.0. The summed E-state index contributed by atoms with van der Waals surface area (Å²) < 4.78 is 16.6. The molecule has 0 unspecified atom stereocenters. The predicted molar refractivity (Wildman–Crippen MR) is 82.2 cm³/mol. The van der Waals surface area contributed by atoms with Crippen LogP contribution in [0.15, 0.2) is 34.8 Å². The highest BCUT2D eigenvalue weighted by Crippen LogP contribution is 2.31. The Morgan fingerprint density at radius 3 is 2.70 bits per heavy atom. The van der Waals surface area contributed by atoms with E-state index in [1.54, 1.807) is 12.1 Å². The van der Waals surface area contributed by atoms with Crippen LogP contribution in [-0.2, 0) is 0 Å². The maximum Gasteiger partial charge on any atom is 0.139 e. The predicted octanol–water partition coefficient (Wildman–Crippen LogP) is 4.10. The first kappa shape index (κ1) is 13.1. The minimum absolute atomic E-state index is 0.335. The Bertz CT molecular complexity index is 824. The van der Waals surface area contributed by atoms with E-state index in [1.165, 1.54) is 6.07 Å². The molecule has 0 aliphatic carbocycles. The van der Waals surface area contributed by atoms with Gasteiger partial charge in [-0.1, -0.05) is 15.9 Å². The molecule has 1 aromatic carbocycles. The van der Waals surface area contributed by atoms with Gasteiger partial charge >= 0.3 is 0 Å². The van der Waals surface area contributed by atoms with E-state index in [4.69, 9.17) is 5.73 Å². The number of nitrogens with two attached hydrogens (primary N) is 1. The highest BCUT2D eigenvalue weighted by molar-refractivity contribution is 9.10. The third-order valence-corrected chi connectivity index (χ3v) is 3.76. The van der Waals surface area contributed by atoms with Crippen LogP contribution >= 0.6 is 15.9 Å². The number of nitrogens with zero attached hydrogens (tertiary/aromatic N) is 2. The number of aromatic nitrogens is 2. The van der Waals surface area contributed by atoms with E-state index in [9.17, 15) is 4.39 Å². The van der Waals surface area contributed by atoms with Crippen LogP contribution in [0, 0.1) is 19.7 Å². The lowest BCUT2D eigenvalue weighted by Gasteiger charge is -2.04. The Morgan fingerprint density at radius 1 is 1.20 bits per heavy atom. The van der Waals surface area contributed by atoms with Crippen molar-refractivity contribution in [1.82, 2.24) is 9.38 Å². The first-order valence-corrected chi connectivity index (χ1v) is 6.97. The van der Waals surface area contributed by atoms with Gasteiger partial charge in [0.15, 0.2) is 0 Å². The van der Waals surface area contributed by atoms with E-state index in [0.29, 0.717) is 17.1 Å². The van der Waals surface area contributed by atoms with Gasteiger partial charge in [0, 0.05) is 15.7 Å². The zero-order chi connectivity index (χ0) is 14.4. The van der Waals surface area contributed by atoms with Gasteiger partial charge in [-0.05, 0) is 49.7 Å². The van der Waals surface area contributed by atoms with Gasteiger partial charge in [0.1, 0.15) is 23.0 Å². The number of hydrogen-bond donors (Lipinski definition) is 1. The Labute approximate surface area is 124 Å². The van der Waals surface area contributed by atoms with Crippen LogP contribution in [-0.4, -0.2) is 9.38 Å². The Balaban J connectivity index is 2.35. The van der Waals surface area contributed by atoms with Gasteiger partial charge < -0.3 is 5.73 Å². The summed E-state index contributed by atoms with van der Waals surface area (Å²) in [7, 11) is 0. The Morgan fingerprint density at radius 2 is 1.95 bits per heavy atom. The summed E-state index contributed by atoms with van der Waals surface area (Å²) in [6.45, 7) is 3.95. The van der Waals surface area contributed by atoms with E-state index in [-0.39, 0.29) is 5.82 Å². The van der Waals surface area contributed by atoms with Crippen LogP contribution in [0.5, 0.6) is 0 Å². The third kappa shape index (κ3) is 1.98. The molecule has 20 heavy (non-hydrogen) atoms. The summed E-state index contributed by atoms with van der Waals surface area (Å²) in [5.41, 5.74) is 9.84. The number of fused-ring (bicyclic) bond motifs is 1. The van der Waals surface area contributed by atoms with Crippen molar-refractivity contribution in [2.75, 3.05) is 5.73 Å². The molecule has 0 spiro atoms. The molecule has 0 atom stereocenters. The van der Waals surface area contributed by atoms with Crippen molar-refractivity contribution in [1.29, 1.82) is 0 Å².